The monoisotopic (exact) mass is 689 g/mol. The minimum absolute atomic E-state index is 0.0480. The van der Waals surface area contributed by atoms with Gasteiger partial charge in [0, 0.05) is 24.6 Å². The largest absolute Gasteiger partial charge is 0.448 e. The molecule has 5 rings (SSSR count). The number of anilines is 1. The molecule has 2 saturated heterocycles. The van der Waals surface area contributed by atoms with Gasteiger partial charge in [0.15, 0.2) is 9.84 Å². The Morgan fingerprint density at radius 2 is 1.71 bits per heavy atom. The number of alkyl carbamates (subject to hydrolysis) is 1. The van der Waals surface area contributed by atoms with Crippen LogP contribution in [-0.4, -0.2) is 81.4 Å². The first-order chi connectivity index (χ1) is 23.0. The van der Waals surface area contributed by atoms with Crippen LogP contribution in [0.5, 0.6) is 0 Å². The van der Waals surface area contributed by atoms with E-state index in [0.717, 1.165) is 6.20 Å². The predicted octanol–water partition coefficient (Wildman–Crippen LogP) is 3.05. The molecule has 2 aromatic carbocycles. The number of carbonyl (C=O) groups excluding carboxylic acids is 2. The number of hydrogen-bond donors (Lipinski definition) is 4. The van der Waals surface area contributed by atoms with E-state index in [1.54, 1.807) is 0 Å². The second kappa shape index (κ2) is 15.8. The fourth-order valence-corrected chi connectivity index (χ4v) is 7.86. The lowest BCUT2D eigenvalue weighted by atomic mass is 9.84. The molecule has 0 saturated carbocycles. The molecular weight excluding hydrogens is 651 g/mol. The second-order valence-corrected chi connectivity index (χ2v) is 14.3. The predicted molar refractivity (Wildman–Crippen MR) is 171 cm³/mol. The maximum atomic E-state index is 15.2. The zero-order valence-electron chi connectivity index (χ0n) is 26.0. The lowest BCUT2D eigenvalue weighted by Gasteiger charge is -2.31. The van der Waals surface area contributed by atoms with Crippen molar-refractivity contribution >= 4 is 27.5 Å². The number of morpholine rings is 1. The third-order valence-electron chi connectivity index (χ3n) is 8.58. The normalized spacial score (nSPS) is 21.0. The molecule has 1 aromatic heterocycles. The quantitative estimate of drug-likeness (QED) is 0.212. The fraction of sp³-hybridized carbons (Fsp3) is 0.424. The fourth-order valence-electron chi connectivity index (χ4n) is 6.00. The van der Waals surface area contributed by atoms with Gasteiger partial charge in [-0.05, 0) is 60.6 Å². The summed E-state index contributed by atoms with van der Waals surface area (Å²) in [4.78, 5) is 28.9. The van der Waals surface area contributed by atoms with Gasteiger partial charge in [-0.2, -0.15) is 0 Å². The number of rotatable bonds is 13. The van der Waals surface area contributed by atoms with Crippen molar-refractivity contribution in [2.24, 2.45) is 11.7 Å². The van der Waals surface area contributed by atoms with Crippen molar-refractivity contribution < 1.29 is 40.7 Å². The molecule has 2 fully saturated rings. The summed E-state index contributed by atoms with van der Waals surface area (Å²) in [6, 6.07) is 9.62. The van der Waals surface area contributed by atoms with Gasteiger partial charge in [-0.15, -0.1) is 0 Å². The number of nitrogens with zero attached hydrogens (tertiary/aromatic N) is 1. The smallest absolute Gasteiger partial charge is 0.407 e. The van der Waals surface area contributed by atoms with E-state index in [9.17, 15) is 26.8 Å². The van der Waals surface area contributed by atoms with Crippen LogP contribution in [0.1, 0.15) is 35.4 Å². The number of pyridine rings is 1. The van der Waals surface area contributed by atoms with Crippen molar-refractivity contribution in [3.05, 3.63) is 95.1 Å². The lowest BCUT2D eigenvalue weighted by molar-refractivity contribution is -0.119. The van der Waals surface area contributed by atoms with Crippen LogP contribution in [0.3, 0.4) is 0 Å². The zero-order valence-corrected chi connectivity index (χ0v) is 26.9. The van der Waals surface area contributed by atoms with Crippen LogP contribution in [-0.2, 0) is 30.5 Å². The summed E-state index contributed by atoms with van der Waals surface area (Å²) < 4.78 is 77.1. The molecule has 0 aliphatic carbocycles. The molecule has 2 amide bonds. The van der Waals surface area contributed by atoms with Gasteiger partial charge in [-0.25, -0.2) is 26.4 Å². The number of ether oxygens (including phenoxy) is 2. The van der Waals surface area contributed by atoms with E-state index in [1.165, 1.54) is 54.7 Å². The number of carbonyl (C=O) groups is 2. The van der Waals surface area contributed by atoms with Crippen LogP contribution in [0.4, 0.5) is 23.7 Å². The molecule has 0 radical (unpaired) electrons. The maximum Gasteiger partial charge on any atom is 0.407 e. The highest BCUT2D eigenvalue weighted by atomic mass is 32.2. The van der Waals surface area contributed by atoms with Crippen molar-refractivity contribution in [1.82, 2.24) is 15.6 Å². The number of aromatic nitrogens is 1. The Bertz CT molecular complexity index is 1630. The van der Waals surface area contributed by atoms with Gasteiger partial charge in [-0.3, -0.25) is 9.78 Å². The number of primary amides is 1. The molecule has 4 atom stereocenters. The number of amides is 2. The van der Waals surface area contributed by atoms with Crippen molar-refractivity contribution in [1.29, 1.82) is 0 Å². The van der Waals surface area contributed by atoms with Crippen molar-refractivity contribution in [2.75, 3.05) is 43.1 Å². The van der Waals surface area contributed by atoms with Gasteiger partial charge in [0.05, 0.1) is 48.3 Å². The summed E-state index contributed by atoms with van der Waals surface area (Å²) in [5, 5.41) is 8.93. The van der Waals surface area contributed by atoms with Gasteiger partial charge in [0.2, 0.25) is 5.91 Å². The number of nitrogens with one attached hydrogen (secondary N) is 3. The standard InChI is InChI=1S/C33H38F3N5O6S/c34-23-5-1-21(2-6-23)30(22-3-7-24(35)8-4-22)31(32(37)42)41-29-16-38-15-28(36)27(29)10-9-26-14-39-25(17-46-26)18-47-33(43)40-13-20-11-12-48(44,45)19-20/h1-8,15-16,20,25-26,30-31,39,41H,9-14,17-19H2,(H2,37,42)(H,40,43)/t20?,25-,26+,31-/m0/s1. The van der Waals surface area contributed by atoms with Crippen LogP contribution in [0.2, 0.25) is 0 Å². The molecule has 15 heteroatoms. The van der Waals surface area contributed by atoms with Crippen LogP contribution in [0, 0.1) is 23.4 Å². The molecule has 2 aliphatic rings. The van der Waals surface area contributed by atoms with Crippen molar-refractivity contribution in [3.63, 3.8) is 0 Å². The van der Waals surface area contributed by atoms with Crippen molar-refractivity contribution in [2.45, 2.75) is 43.4 Å². The first-order valence-electron chi connectivity index (χ1n) is 15.6. The maximum absolute atomic E-state index is 15.2. The Labute approximate surface area is 276 Å². The number of halogens is 3. The number of benzene rings is 2. The van der Waals surface area contributed by atoms with Crippen molar-refractivity contribution in [3.8, 4) is 0 Å². The third kappa shape index (κ3) is 9.45. The molecule has 5 N–H and O–H groups in total. The van der Waals surface area contributed by atoms with E-state index in [-0.39, 0.29) is 67.0 Å². The Morgan fingerprint density at radius 3 is 2.27 bits per heavy atom. The zero-order chi connectivity index (χ0) is 34.3. The number of nitrogens with two attached hydrogens (primary N) is 1. The van der Waals surface area contributed by atoms with Crippen LogP contribution < -0.4 is 21.7 Å². The molecular formula is C33H38F3N5O6S. The van der Waals surface area contributed by atoms with Crippen LogP contribution in [0.15, 0.2) is 60.9 Å². The van der Waals surface area contributed by atoms with Crippen LogP contribution in [0.25, 0.3) is 0 Å². The average molecular weight is 690 g/mol. The Morgan fingerprint density at radius 1 is 1.04 bits per heavy atom. The highest BCUT2D eigenvalue weighted by molar-refractivity contribution is 7.91. The number of sulfone groups is 1. The molecule has 1 unspecified atom stereocenters. The third-order valence-corrected chi connectivity index (χ3v) is 10.4. The molecule has 0 spiro atoms. The summed E-state index contributed by atoms with van der Waals surface area (Å²) in [6.07, 6.45) is 2.67. The first kappa shape index (κ1) is 35.1. The summed E-state index contributed by atoms with van der Waals surface area (Å²) in [5.74, 6) is -3.01. The van der Waals surface area contributed by atoms with Crippen LogP contribution >= 0.6 is 0 Å². The summed E-state index contributed by atoms with van der Waals surface area (Å²) >= 11 is 0. The molecule has 258 valence electrons. The minimum Gasteiger partial charge on any atom is -0.448 e. The van der Waals surface area contributed by atoms with E-state index in [0.29, 0.717) is 30.5 Å². The summed E-state index contributed by atoms with van der Waals surface area (Å²) in [5.41, 5.74) is 7.43. The van der Waals surface area contributed by atoms with E-state index in [1.807, 2.05) is 0 Å². The van der Waals surface area contributed by atoms with Gasteiger partial charge in [-0.1, -0.05) is 24.3 Å². The van der Waals surface area contributed by atoms with E-state index < -0.39 is 51.2 Å². The van der Waals surface area contributed by atoms with Gasteiger partial charge >= 0.3 is 6.09 Å². The van der Waals surface area contributed by atoms with E-state index in [2.05, 4.69) is 20.9 Å². The molecule has 48 heavy (non-hydrogen) atoms. The van der Waals surface area contributed by atoms with E-state index >= 15 is 4.39 Å². The Kier molecular flexibility index (Phi) is 11.5. The highest BCUT2D eigenvalue weighted by Crippen LogP contribution is 2.32. The SMILES string of the molecule is NC(=O)[C@@H](Nc1cncc(F)c1CC[C@@H]1CN[C@H](COC(=O)NCC2CCS(=O)(=O)C2)CO1)C(c1ccc(F)cc1)c1ccc(F)cc1. The highest BCUT2D eigenvalue weighted by Gasteiger charge is 2.32. The van der Waals surface area contributed by atoms with Gasteiger partial charge in [0.25, 0.3) is 0 Å². The topological polar surface area (TPSA) is 162 Å². The molecule has 11 nitrogen and oxygen atoms in total. The minimum atomic E-state index is -3.03. The molecule has 3 aromatic rings. The second-order valence-electron chi connectivity index (χ2n) is 12.1. The average Bonchev–Trinajstić information content (AvgIpc) is 3.42. The van der Waals surface area contributed by atoms with E-state index in [4.69, 9.17) is 15.2 Å². The molecule has 0 bridgehead atoms. The molecule has 2 aliphatic heterocycles. The summed E-state index contributed by atoms with van der Waals surface area (Å²) in [7, 11) is -3.03. The first-order valence-corrected chi connectivity index (χ1v) is 17.4. The Balaban J connectivity index is 1.18. The summed E-state index contributed by atoms with van der Waals surface area (Å²) in [6.45, 7) is 0.929. The Hall–Kier alpha value is -4.21. The molecule has 3 heterocycles. The van der Waals surface area contributed by atoms with Gasteiger partial charge < -0.3 is 31.2 Å². The van der Waals surface area contributed by atoms with Gasteiger partial charge in [0.1, 0.15) is 30.1 Å². The lowest BCUT2D eigenvalue weighted by Crippen LogP contribution is -2.49. The number of hydrogen-bond acceptors (Lipinski definition) is 9.